The van der Waals surface area contributed by atoms with Crippen molar-refractivity contribution in [3.05, 3.63) is 59.4 Å². The third kappa shape index (κ3) is 3.15. The number of nitrogen functional groups attached to an aromatic ring is 1. The summed E-state index contributed by atoms with van der Waals surface area (Å²) in [5.41, 5.74) is 6.17. The average Bonchev–Trinajstić information content (AvgIpc) is 2.41. The number of rotatable bonds is 4. The van der Waals surface area contributed by atoms with Crippen molar-refractivity contribution in [2.75, 3.05) is 5.73 Å². The number of hydrogen-bond donors (Lipinski definition) is 1. The summed E-state index contributed by atoms with van der Waals surface area (Å²) in [6, 6.07) is 10.8. The number of halogens is 1. The van der Waals surface area contributed by atoms with Gasteiger partial charge in [0.25, 0.3) is 0 Å². The number of carbonyl (C=O) groups is 1. The van der Waals surface area contributed by atoms with E-state index in [1.807, 2.05) is 13.8 Å². The zero-order valence-corrected chi connectivity index (χ0v) is 11.4. The fraction of sp³-hybridized carbons (Fsp3) is 0.188. The number of benzene rings is 2. The Morgan fingerprint density at radius 1 is 1.10 bits per heavy atom. The van der Waals surface area contributed by atoms with Crippen LogP contribution in [0, 0.1) is 5.82 Å². The molecule has 0 saturated carbocycles. The Morgan fingerprint density at radius 3 is 2.25 bits per heavy atom. The second-order valence-corrected chi connectivity index (χ2v) is 4.76. The van der Waals surface area contributed by atoms with E-state index in [1.165, 1.54) is 12.1 Å². The van der Waals surface area contributed by atoms with Gasteiger partial charge in [-0.15, -0.1) is 0 Å². The maximum atomic E-state index is 13.4. The van der Waals surface area contributed by atoms with Gasteiger partial charge in [-0.25, -0.2) is 4.39 Å². The number of ether oxygens (including phenoxy) is 1. The predicted octanol–water partition coefficient (Wildman–Crippen LogP) is 3.43. The van der Waals surface area contributed by atoms with Gasteiger partial charge < -0.3 is 10.5 Å². The van der Waals surface area contributed by atoms with Gasteiger partial charge >= 0.3 is 0 Å². The zero-order valence-electron chi connectivity index (χ0n) is 11.4. The van der Waals surface area contributed by atoms with Crippen LogP contribution in [0.3, 0.4) is 0 Å². The summed E-state index contributed by atoms with van der Waals surface area (Å²) in [4.78, 5) is 12.2. The molecule has 0 saturated heterocycles. The zero-order chi connectivity index (χ0) is 14.7. The van der Waals surface area contributed by atoms with Crippen LogP contribution in [0.25, 0.3) is 0 Å². The molecule has 2 rings (SSSR count). The Kier molecular flexibility index (Phi) is 4.03. The first-order chi connectivity index (χ1) is 9.47. The molecule has 0 bridgehead atoms. The van der Waals surface area contributed by atoms with Crippen LogP contribution in [0.4, 0.5) is 10.1 Å². The van der Waals surface area contributed by atoms with Crippen LogP contribution in [0.2, 0.25) is 0 Å². The van der Waals surface area contributed by atoms with Crippen molar-refractivity contribution in [2.24, 2.45) is 0 Å². The smallest absolute Gasteiger partial charge is 0.193 e. The van der Waals surface area contributed by atoms with E-state index >= 15 is 0 Å². The van der Waals surface area contributed by atoms with E-state index < -0.39 is 5.82 Å². The van der Waals surface area contributed by atoms with E-state index in [0.29, 0.717) is 11.3 Å². The Bertz CT molecular complexity index is 621. The topological polar surface area (TPSA) is 52.3 Å². The molecule has 0 aliphatic rings. The molecule has 0 aromatic heterocycles. The summed E-state index contributed by atoms with van der Waals surface area (Å²) in [6.07, 6.45) is 0.0720. The molecule has 0 aliphatic heterocycles. The van der Waals surface area contributed by atoms with E-state index in [4.69, 9.17) is 10.5 Å². The molecule has 104 valence electrons. The van der Waals surface area contributed by atoms with Gasteiger partial charge in [-0.3, -0.25) is 4.79 Å². The molecule has 2 aromatic rings. The molecule has 0 radical (unpaired) electrons. The summed E-state index contributed by atoms with van der Waals surface area (Å²) in [5, 5.41) is 0. The summed E-state index contributed by atoms with van der Waals surface area (Å²) >= 11 is 0. The van der Waals surface area contributed by atoms with Gasteiger partial charge in [-0.2, -0.15) is 0 Å². The standard InChI is InChI=1S/C16H16FNO2/c1-10(2)20-13-6-3-11(4-7-13)16(19)12-5-8-15(18)14(17)9-12/h3-10H,18H2,1-2H3. The average molecular weight is 273 g/mol. The maximum absolute atomic E-state index is 13.4. The third-order valence-corrected chi connectivity index (χ3v) is 2.75. The molecule has 2 N–H and O–H groups in total. The highest BCUT2D eigenvalue weighted by Gasteiger charge is 2.11. The van der Waals surface area contributed by atoms with E-state index in [0.717, 1.165) is 6.07 Å². The van der Waals surface area contributed by atoms with Crippen molar-refractivity contribution >= 4 is 11.5 Å². The second-order valence-electron chi connectivity index (χ2n) is 4.76. The van der Waals surface area contributed by atoms with Crippen LogP contribution in [0.1, 0.15) is 29.8 Å². The SMILES string of the molecule is CC(C)Oc1ccc(C(=O)c2ccc(N)c(F)c2)cc1. The third-order valence-electron chi connectivity index (χ3n) is 2.75. The van der Waals surface area contributed by atoms with Crippen LogP contribution >= 0.6 is 0 Å². The van der Waals surface area contributed by atoms with Gasteiger partial charge in [0.2, 0.25) is 0 Å². The molecular weight excluding hydrogens is 257 g/mol. The second kappa shape index (κ2) is 5.74. The minimum Gasteiger partial charge on any atom is -0.491 e. The predicted molar refractivity (Wildman–Crippen MR) is 76.5 cm³/mol. The lowest BCUT2D eigenvalue weighted by molar-refractivity contribution is 0.103. The molecule has 0 spiro atoms. The monoisotopic (exact) mass is 273 g/mol. The van der Waals surface area contributed by atoms with Crippen molar-refractivity contribution in [3.8, 4) is 5.75 Å². The van der Waals surface area contributed by atoms with Gasteiger partial charge in [-0.05, 0) is 56.3 Å². The van der Waals surface area contributed by atoms with Crippen LogP contribution in [0.5, 0.6) is 5.75 Å². The quantitative estimate of drug-likeness (QED) is 0.686. The highest BCUT2D eigenvalue weighted by Crippen LogP contribution is 2.18. The molecule has 0 atom stereocenters. The first kappa shape index (κ1) is 14.1. The molecule has 20 heavy (non-hydrogen) atoms. The van der Waals surface area contributed by atoms with Crippen LogP contribution in [0.15, 0.2) is 42.5 Å². The molecule has 0 fully saturated rings. The number of nitrogens with two attached hydrogens (primary N) is 1. The highest BCUT2D eigenvalue weighted by atomic mass is 19.1. The fourth-order valence-corrected chi connectivity index (χ4v) is 1.79. The molecule has 3 nitrogen and oxygen atoms in total. The van der Waals surface area contributed by atoms with E-state index in [1.54, 1.807) is 24.3 Å². The molecular formula is C16H16FNO2. The van der Waals surface area contributed by atoms with Gasteiger partial charge in [0.05, 0.1) is 11.8 Å². The fourth-order valence-electron chi connectivity index (χ4n) is 1.79. The summed E-state index contributed by atoms with van der Waals surface area (Å²) in [5.74, 6) is -0.143. The molecule has 2 aromatic carbocycles. The van der Waals surface area contributed by atoms with Crippen molar-refractivity contribution in [2.45, 2.75) is 20.0 Å². The number of hydrogen-bond acceptors (Lipinski definition) is 3. The first-order valence-electron chi connectivity index (χ1n) is 6.34. The number of ketones is 1. The Balaban J connectivity index is 2.22. The molecule has 0 amide bonds. The van der Waals surface area contributed by atoms with Crippen LogP contribution in [-0.4, -0.2) is 11.9 Å². The van der Waals surface area contributed by atoms with Gasteiger partial charge in [0.1, 0.15) is 11.6 Å². The summed E-state index contributed by atoms with van der Waals surface area (Å²) in [6.45, 7) is 3.85. The van der Waals surface area contributed by atoms with Gasteiger partial charge in [-0.1, -0.05) is 0 Å². The van der Waals surface area contributed by atoms with E-state index in [2.05, 4.69) is 0 Å². The minimum absolute atomic E-state index is 0.0298. The van der Waals surface area contributed by atoms with Crippen molar-refractivity contribution in [1.82, 2.24) is 0 Å². The van der Waals surface area contributed by atoms with E-state index in [-0.39, 0.29) is 23.1 Å². The summed E-state index contributed by atoms with van der Waals surface area (Å²) < 4.78 is 18.9. The van der Waals surface area contributed by atoms with Crippen molar-refractivity contribution in [3.63, 3.8) is 0 Å². The maximum Gasteiger partial charge on any atom is 0.193 e. The largest absolute Gasteiger partial charge is 0.491 e. The summed E-state index contributed by atoms with van der Waals surface area (Å²) in [7, 11) is 0. The van der Waals surface area contributed by atoms with Crippen molar-refractivity contribution in [1.29, 1.82) is 0 Å². The minimum atomic E-state index is -0.587. The number of carbonyl (C=O) groups excluding carboxylic acids is 1. The molecule has 0 heterocycles. The van der Waals surface area contributed by atoms with Gasteiger partial charge in [0, 0.05) is 11.1 Å². The lowest BCUT2D eigenvalue weighted by Crippen LogP contribution is -2.06. The van der Waals surface area contributed by atoms with Gasteiger partial charge in [0.15, 0.2) is 5.78 Å². The van der Waals surface area contributed by atoms with E-state index in [9.17, 15) is 9.18 Å². The lowest BCUT2D eigenvalue weighted by Gasteiger charge is -2.10. The normalized spacial score (nSPS) is 10.6. The Labute approximate surface area is 117 Å². The van der Waals surface area contributed by atoms with Crippen molar-refractivity contribution < 1.29 is 13.9 Å². The Morgan fingerprint density at radius 2 is 1.70 bits per heavy atom. The molecule has 4 heteroatoms. The molecule has 0 unspecified atom stereocenters. The Hall–Kier alpha value is -2.36. The van der Waals surface area contributed by atoms with Crippen LogP contribution < -0.4 is 10.5 Å². The first-order valence-corrected chi connectivity index (χ1v) is 6.34. The lowest BCUT2D eigenvalue weighted by atomic mass is 10.0. The number of anilines is 1. The molecule has 0 aliphatic carbocycles. The van der Waals surface area contributed by atoms with Crippen LogP contribution in [-0.2, 0) is 0 Å². The highest BCUT2D eigenvalue weighted by molar-refractivity contribution is 6.09.